The van der Waals surface area contributed by atoms with Crippen molar-refractivity contribution in [2.75, 3.05) is 19.0 Å². The van der Waals surface area contributed by atoms with Crippen LogP contribution in [0, 0.1) is 3.57 Å². The number of hydrogen-bond donors (Lipinski definition) is 1. The second-order valence-corrected chi connectivity index (χ2v) is 4.88. The van der Waals surface area contributed by atoms with E-state index >= 15 is 0 Å². The number of carbonyl (C=O) groups is 1. The van der Waals surface area contributed by atoms with Gasteiger partial charge in [0.05, 0.1) is 17.8 Å². The fraction of sp³-hybridized carbons (Fsp3) is 0.364. The van der Waals surface area contributed by atoms with Crippen molar-refractivity contribution in [3.63, 3.8) is 0 Å². The Morgan fingerprint density at radius 1 is 1.56 bits per heavy atom. The van der Waals surface area contributed by atoms with Crippen molar-refractivity contribution in [1.29, 1.82) is 0 Å². The summed E-state index contributed by atoms with van der Waals surface area (Å²) in [5.41, 5.74) is 0.895. The predicted octanol–water partition coefficient (Wildman–Crippen LogP) is 3.31. The maximum atomic E-state index is 10.9. The Kier molecular flexibility index (Phi) is 5.90. The molecule has 0 fully saturated rings. The highest BCUT2D eigenvalue weighted by molar-refractivity contribution is 14.1. The molecule has 0 bridgehead atoms. The molecule has 1 rings (SSSR count). The monoisotopic (exact) mass is 353 g/mol. The molecule has 0 amide bonds. The van der Waals surface area contributed by atoms with Crippen LogP contribution in [0.2, 0.25) is 5.02 Å². The zero-order chi connectivity index (χ0) is 12.0. The molecule has 0 radical (unpaired) electrons. The van der Waals surface area contributed by atoms with Gasteiger partial charge in [0.1, 0.15) is 0 Å². The van der Waals surface area contributed by atoms with Gasteiger partial charge in [0.15, 0.2) is 0 Å². The van der Waals surface area contributed by atoms with Crippen LogP contribution >= 0.6 is 34.2 Å². The van der Waals surface area contributed by atoms with Crippen LogP contribution in [-0.4, -0.2) is 19.6 Å². The van der Waals surface area contributed by atoms with Gasteiger partial charge in [0.25, 0.3) is 0 Å². The molecule has 0 aromatic heterocycles. The van der Waals surface area contributed by atoms with Crippen molar-refractivity contribution >= 4 is 45.8 Å². The second-order valence-electron chi connectivity index (χ2n) is 3.23. The number of halogens is 2. The molecule has 0 aliphatic carbocycles. The van der Waals surface area contributed by atoms with E-state index in [0.717, 1.165) is 15.7 Å². The maximum Gasteiger partial charge on any atom is 0.305 e. The average Bonchev–Trinajstić information content (AvgIpc) is 2.26. The number of rotatable bonds is 5. The first-order chi connectivity index (χ1) is 7.63. The third kappa shape index (κ3) is 4.57. The van der Waals surface area contributed by atoms with Crippen molar-refractivity contribution in [3.8, 4) is 0 Å². The number of ether oxygens (including phenoxy) is 1. The molecule has 0 spiro atoms. The van der Waals surface area contributed by atoms with E-state index in [0.29, 0.717) is 18.0 Å². The van der Waals surface area contributed by atoms with E-state index in [-0.39, 0.29) is 5.97 Å². The molecule has 0 atom stereocenters. The van der Waals surface area contributed by atoms with Crippen molar-refractivity contribution < 1.29 is 9.53 Å². The molecule has 0 heterocycles. The highest BCUT2D eigenvalue weighted by atomic mass is 127. The van der Waals surface area contributed by atoms with Crippen LogP contribution in [-0.2, 0) is 9.53 Å². The lowest BCUT2D eigenvalue weighted by molar-refractivity contribution is -0.140. The average molecular weight is 354 g/mol. The molecule has 1 N–H and O–H groups in total. The summed E-state index contributed by atoms with van der Waals surface area (Å²) in [4.78, 5) is 10.9. The quantitative estimate of drug-likeness (QED) is 0.501. The summed E-state index contributed by atoms with van der Waals surface area (Å²) in [5.74, 6) is -0.185. The highest BCUT2D eigenvalue weighted by Gasteiger charge is 2.02. The van der Waals surface area contributed by atoms with Crippen molar-refractivity contribution in [2.45, 2.75) is 12.8 Å². The topological polar surface area (TPSA) is 38.3 Å². The first-order valence-electron chi connectivity index (χ1n) is 4.89. The van der Waals surface area contributed by atoms with Gasteiger partial charge >= 0.3 is 5.97 Å². The molecule has 0 unspecified atom stereocenters. The zero-order valence-corrected chi connectivity index (χ0v) is 11.8. The van der Waals surface area contributed by atoms with Gasteiger partial charge in [0.2, 0.25) is 0 Å². The minimum absolute atomic E-state index is 0.185. The number of nitrogens with one attached hydrogen (secondary N) is 1. The predicted molar refractivity (Wildman–Crippen MR) is 73.9 cm³/mol. The lowest BCUT2D eigenvalue weighted by atomic mass is 10.3. The minimum atomic E-state index is -0.185. The van der Waals surface area contributed by atoms with Gasteiger partial charge in [-0.2, -0.15) is 0 Å². The van der Waals surface area contributed by atoms with E-state index in [2.05, 4.69) is 32.6 Å². The first kappa shape index (κ1) is 13.6. The Morgan fingerprint density at radius 2 is 2.31 bits per heavy atom. The summed E-state index contributed by atoms with van der Waals surface area (Å²) >= 11 is 8.25. The zero-order valence-electron chi connectivity index (χ0n) is 8.93. The Hall–Kier alpha value is -0.490. The fourth-order valence-corrected chi connectivity index (χ4v) is 2.11. The summed E-state index contributed by atoms with van der Waals surface area (Å²) in [6, 6.07) is 5.81. The van der Waals surface area contributed by atoms with E-state index in [9.17, 15) is 4.79 Å². The molecule has 88 valence electrons. The molecule has 0 aliphatic heterocycles. The summed E-state index contributed by atoms with van der Waals surface area (Å²) in [5, 5.41) is 3.88. The van der Waals surface area contributed by atoms with E-state index in [1.165, 1.54) is 7.11 Å². The largest absolute Gasteiger partial charge is 0.469 e. The van der Waals surface area contributed by atoms with Gasteiger partial charge in [-0.25, -0.2) is 0 Å². The van der Waals surface area contributed by atoms with Gasteiger partial charge in [-0.1, -0.05) is 11.6 Å². The maximum absolute atomic E-state index is 10.9. The van der Waals surface area contributed by atoms with Crippen molar-refractivity contribution in [2.24, 2.45) is 0 Å². The van der Waals surface area contributed by atoms with Crippen LogP contribution in [0.1, 0.15) is 12.8 Å². The summed E-state index contributed by atoms with van der Waals surface area (Å²) in [6.07, 6.45) is 1.15. The van der Waals surface area contributed by atoms with Crippen molar-refractivity contribution in [3.05, 3.63) is 26.8 Å². The van der Waals surface area contributed by atoms with Crippen LogP contribution in [0.4, 0.5) is 5.69 Å². The van der Waals surface area contributed by atoms with Gasteiger partial charge in [-0.15, -0.1) is 0 Å². The fourth-order valence-electron chi connectivity index (χ4n) is 1.19. The first-order valence-corrected chi connectivity index (χ1v) is 6.35. The van der Waals surface area contributed by atoms with Gasteiger partial charge < -0.3 is 10.1 Å². The van der Waals surface area contributed by atoms with Crippen LogP contribution in [0.25, 0.3) is 0 Å². The number of hydrogen-bond acceptors (Lipinski definition) is 3. The van der Waals surface area contributed by atoms with Crippen LogP contribution in [0.5, 0.6) is 0 Å². The summed E-state index contributed by atoms with van der Waals surface area (Å²) in [7, 11) is 1.39. The van der Waals surface area contributed by atoms with Crippen LogP contribution in [0.3, 0.4) is 0 Å². The van der Waals surface area contributed by atoms with Crippen LogP contribution in [0.15, 0.2) is 18.2 Å². The van der Waals surface area contributed by atoms with E-state index in [1.54, 1.807) is 0 Å². The van der Waals surface area contributed by atoms with Gasteiger partial charge in [0, 0.05) is 16.5 Å². The molecule has 16 heavy (non-hydrogen) atoms. The highest BCUT2D eigenvalue weighted by Crippen LogP contribution is 2.23. The number of esters is 1. The number of carbonyl (C=O) groups excluding carboxylic acids is 1. The van der Waals surface area contributed by atoms with Crippen molar-refractivity contribution in [1.82, 2.24) is 0 Å². The molecule has 3 nitrogen and oxygen atoms in total. The third-order valence-electron chi connectivity index (χ3n) is 2.03. The third-order valence-corrected chi connectivity index (χ3v) is 3.02. The Labute approximate surface area is 114 Å². The Bertz CT molecular complexity index is 371. The van der Waals surface area contributed by atoms with Crippen LogP contribution < -0.4 is 5.32 Å². The lowest BCUT2D eigenvalue weighted by Gasteiger charge is -2.08. The van der Waals surface area contributed by atoms with Gasteiger partial charge in [-0.3, -0.25) is 4.79 Å². The summed E-state index contributed by atoms with van der Waals surface area (Å²) in [6.45, 7) is 0.704. The standard InChI is InChI=1S/C11H13ClINO2/c1-16-11(15)3-2-6-14-10-5-4-8(13)7-9(10)12/h4-5,7,14H,2-3,6H2,1H3. The number of methoxy groups -OCH3 is 1. The molecule has 1 aromatic carbocycles. The Balaban J connectivity index is 2.35. The normalized spacial score (nSPS) is 9.94. The minimum Gasteiger partial charge on any atom is -0.469 e. The van der Waals surface area contributed by atoms with E-state index < -0.39 is 0 Å². The molecule has 0 saturated carbocycles. The molecule has 1 aromatic rings. The molecule has 0 aliphatic rings. The molecule has 0 saturated heterocycles. The lowest BCUT2D eigenvalue weighted by Crippen LogP contribution is -2.06. The molecule has 5 heteroatoms. The van der Waals surface area contributed by atoms with E-state index in [4.69, 9.17) is 11.6 Å². The van der Waals surface area contributed by atoms with E-state index in [1.807, 2.05) is 18.2 Å². The van der Waals surface area contributed by atoms with Gasteiger partial charge in [-0.05, 0) is 47.2 Å². The Morgan fingerprint density at radius 3 is 2.94 bits per heavy atom. The molecular formula is C11H13ClINO2. The summed E-state index contributed by atoms with van der Waals surface area (Å²) < 4.78 is 5.65. The number of benzene rings is 1. The number of anilines is 1. The second kappa shape index (κ2) is 6.96. The SMILES string of the molecule is COC(=O)CCCNc1ccc(I)cc1Cl. The molecular weight excluding hydrogens is 340 g/mol. The smallest absolute Gasteiger partial charge is 0.305 e.